The van der Waals surface area contributed by atoms with Crippen molar-refractivity contribution in [2.24, 2.45) is 5.41 Å². The smallest absolute Gasteiger partial charge is 0.274 e. The summed E-state index contributed by atoms with van der Waals surface area (Å²) in [6.07, 6.45) is 2.91. The Morgan fingerprint density at radius 1 is 1.35 bits per heavy atom. The second-order valence-corrected chi connectivity index (χ2v) is 5.49. The van der Waals surface area contributed by atoms with Gasteiger partial charge in [0.15, 0.2) is 5.69 Å². The molecule has 2 aromatic rings. The molecule has 3 N–H and O–H groups in total. The summed E-state index contributed by atoms with van der Waals surface area (Å²) in [6, 6.07) is 7.04. The summed E-state index contributed by atoms with van der Waals surface area (Å²) in [5, 5.41) is 20.5. The van der Waals surface area contributed by atoms with E-state index >= 15 is 0 Å². The molecule has 0 spiro atoms. The van der Waals surface area contributed by atoms with Crippen LogP contribution in [0.1, 0.15) is 34.8 Å². The van der Waals surface area contributed by atoms with Crippen molar-refractivity contribution >= 4 is 17.5 Å². The molecule has 2 amide bonds. The third kappa shape index (κ3) is 4.14. The van der Waals surface area contributed by atoms with Gasteiger partial charge in [-0.1, -0.05) is 6.07 Å². The Bertz CT molecular complexity index is 745. The Kier molecular flexibility index (Phi) is 4.71. The number of nitrogens with zero attached hydrogens (tertiary/aromatic N) is 3. The van der Waals surface area contributed by atoms with E-state index in [1.54, 1.807) is 32.0 Å². The first-order valence-corrected chi connectivity index (χ1v) is 6.88. The third-order valence-corrected chi connectivity index (χ3v) is 2.99. The predicted molar refractivity (Wildman–Crippen MR) is 82.5 cm³/mol. The number of carbonyl (C=O) groups is 2. The monoisotopic (exact) mass is 312 g/mol. The summed E-state index contributed by atoms with van der Waals surface area (Å²) >= 11 is 0. The van der Waals surface area contributed by atoms with Gasteiger partial charge in [0.25, 0.3) is 11.8 Å². The van der Waals surface area contributed by atoms with Gasteiger partial charge < -0.3 is 10.6 Å². The topological polar surface area (TPSA) is 124 Å². The zero-order valence-electron chi connectivity index (χ0n) is 12.8. The van der Waals surface area contributed by atoms with Crippen LogP contribution >= 0.6 is 0 Å². The van der Waals surface area contributed by atoms with E-state index in [1.807, 2.05) is 0 Å². The summed E-state index contributed by atoms with van der Waals surface area (Å²) in [7, 11) is 0. The Hall–Kier alpha value is -3.21. The van der Waals surface area contributed by atoms with Gasteiger partial charge in [0.1, 0.15) is 5.69 Å². The summed E-state index contributed by atoms with van der Waals surface area (Å²) < 4.78 is 0. The highest BCUT2D eigenvalue weighted by Gasteiger charge is 2.21. The zero-order valence-corrected chi connectivity index (χ0v) is 12.8. The zero-order chi connectivity index (χ0) is 16.9. The second-order valence-electron chi connectivity index (χ2n) is 5.49. The van der Waals surface area contributed by atoms with E-state index in [9.17, 15) is 9.59 Å². The normalized spacial score (nSPS) is 10.7. The number of nitriles is 1. The van der Waals surface area contributed by atoms with Gasteiger partial charge in [-0.05, 0) is 26.0 Å². The number of rotatable bonds is 5. The minimum Gasteiger partial charge on any atom is -0.349 e. The number of anilines is 1. The van der Waals surface area contributed by atoms with Gasteiger partial charge in [0.2, 0.25) is 0 Å². The molecule has 0 bridgehead atoms. The number of carbonyl (C=O) groups excluding carboxylic acids is 2. The number of nitrogens with one attached hydrogen (secondary N) is 3. The first-order valence-electron chi connectivity index (χ1n) is 6.88. The van der Waals surface area contributed by atoms with Gasteiger partial charge >= 0.3 is 0 Å². The first-order chi connectivity index (χ1) is 10.9. The van der Waals surface area contributed by atoms with Crippen LogP contribution in [0.3, 0.4) is 0 Å². The SMILES string of the molecule is CC(C)(C#N)CNC(=O)c1n[nH]cc1NC(=O)c1ccccn1. The Labute approximate surface area is 132 Å². The van der Waals surface area contributed by atoms with Crippen LogP contribution in [-0.4, -0.2) is 33.5 Å². The highest BCUT2D eigenvalue weighted by Crippen LogP contribution is 2.15. The van der Waals surface area contributed by atoms with Crippen LogP contribution in [0.2, 0.25) is 0 Å². The fraction of sp³-hybridized carbons (Fsp3) is 0.267. The molecule has 0 aromatic carbocycles. The maximum Gasteiger partial charge on any atom is 0.274 e. The molecule has 0 radical (unpaired) electrons. The number of hydrogen-bond acceptors (Lipinski definition) is 5. The molecule has 0 aliphatic rings. The van der Waals surface area contributed by atoms with E-state index in [4.69, 9.17) is 5.26 Å². The molecule has 0 fully saturated rings. The standard InChI is InChI=1S/C15H16N6O2/c1-15(2,8-16)9-18-14(23)12-11(7-19-21-12)20-13(22)10-5-3-4-6-17-10/h3-7H,9H2,1-2H3,(H,18,23)(H,19,21)(H,20,22). The maximum absolute atomic E-state index is 12.1. The number of hydrogen-bond donors (Lipinski definition) is 3. The highest BCUT2D eigenvalue weighted by molar-refractivity contribution is 6.07. The van der Waals surface area contributed by atoms with Crippen LogP contribution in [0.4, 0.5) is 5.69 Å². The van der Waals surface area contributed by atoms with Crippen molar-refractivity contribution in [1.82, 2.24) is 20.5 Å². The van der Waals surface area contributed by atoms with Crippen molar-refractivity contribution in [2.45, 2.75) is 13.8 Å². The molecule has 2 heterocycles. The van der Waals surface area contributed by atoms with Crippen LogP contribution in [0, 0.1) is 16.7 Å². The van der Waals surface area contributed by atoms with Crippen LogP contribution in [-0.2, 0) is 0 Å². The van der Waals surface area contributed by atoms with Crippen LogP contribution < -0.4 is 10.6 Å². The molecule has 23 heavy (non-hydrogen) atoms. The van der Waals surface area contributed by atoms with Crippen molar-refractivity contribution < 1.29 is 9.59 Å². The second kappa shape index (κ2) is 6.70. The number of amides is 2. The fourth-order valence-electron chi connectivity index (χ4n) is 1.67. The summed E-state index contributed by atoms with van der Waals surface area (Å²) in [5.74, 6) is -0.927. The molecule has 0 unspecified atom stereocenters. The average Bonchev–Trinajstić information content (AvgIpc) is 3.01. The summed E-state index contributed by atoms with van der Waals surface area (Å²) in [5.41, 5.74) is -0.176. The Balaban J connectivity index is 2.06. The van der Waals surface area contributed by atoms with Gasteiger partial charge in [-0.2, -0.15) is 10.4 Å². The number of H-pyrrole nitrogens is 1. The van der Waals surface area contributed by atoms with Gasteiger partial charge in [0, 0.05) is 18.9 Å². The highest BCUT2D eigenvalue weighted by atomic mass is 16.2. The predicted octanol–water partition coefficient (Wildman–Crippen LogP) is 1.34. The van der Waals surface area contributed by atoms with Gasteiger partial charge in [-0.3, -0.25) is 19.7 Å². The molecular weight excluding hydrogens is 296 g/mol. The lowest BCUT2D eigenvalue weighted by atomic mass is 9.96. The minimum atomic E-state index is -0.691. The molecule has 0 atom stereocenters. The quantitative estimate of drug-likeness (QED) is 0.768. The van der Waals surface area contributed by atoms with E-state index in [0.717, 1.165) is 0 Å². The van der Waals surface area contributed by atoms with Crippen molar-refractivity contribution in [2.75, 3.05) is 11.9 Å². The van der Waals surface area contributed by atoms with Crippen molar-refractivity contribution in [3.63, 3.8) is 0 Å². The van der Waals surface area contributed by atoms with Gasteiger partial charge in [-0.15, -0.1) is 0 Å². The molecule has 2 aromatic heterocycles. The van der Waals surface area contributed by atoms with Gasteiger partial charge in [-0.25, -0.2) is 0 Å². The van der Waals surface area contributed by atoms with Crippen LogP contribution in [0.25, 0.3) is 0 Å². The molecule has 0 aliphatic carbocycles. The van der Waals surface area contributed by atoms with E-state index in [1.165, 1.54) is 12.4 Å². The van der Waals surface area contributed by atoms with Crippen molar-refractivity contribution in [3.8, 4) is 6.07 Å². The summed E-state index contributed by atoms with van der Waals surface area (Å²) in [6.45, 7) is 3.59. The molecule has 0 saturated heterocycles. The van der Waals surface area contributed by atoms with E-state index in [-0.39, 0.29) is 23.6 Å². The van der Waals surface area contributed by atoms with Crippen LogP contribution in [0.15, 0.2) is 30.6 Å². The maximum atomic E-state index is 12.1. The van der Waals surface area contributed by atoms with Gasteiger partial charge in [0.05, 0.1) is 17.2 Å². The van der Waals surface area contributed by atoms with Crippen molar-refractivity contribution in [3.05, 3.63) is 42.0 Å². The lowest BCUT2D eigenvalue weighted by Crippen LogP contribution is -2.33. The number of aromatic amines is 1. The van der Waals surface area contributed by atoms with E-state index in [2.05, 4.69) is 31.9 Å². The average molecular weight is 312 g/mol. The van der Waals surface area contributed by atoms with Crippen LogP contribution in [0.5, 0.6) is 0 Å². The molecule has 0 saturated carbocycles. The van der Waals surface area contributed by atoms with E-state index in [0.29, 0.717) is 0 Å². The lowest BCUT2D eigenvalue weighted by molar-refractivity contribution is 0.0939. The third-order valence-electron chi connectivity index (χ3n) is 2.99. The minimum absolute atomic E-state index is 0.0445. The fourth-order valence-corrected chi connectivity index (χ4v) is 1.67. The molecule has 8 heteroatoms. The first kappa shape index (κ1) is 16.2. The molecule has 118 valence electrons. The Morgan fingerprint density at radius 3 is 2.78 bits per heavy atom. The molecule has 8 nitrogen and oxygen atoms in total. The molecule has 2 rings (SSSR count). The lowest BCUT2D eigenvalue weighted by Gasteiger charge is -2.15. The van der Waals surface area contributed by atoms with Crippen molar-refractivity contribution in [1.29, 1.82) is 5.26 Å². The molecule has 0 aliphatic heterocycles. The summed E-state index contributed by atoms with van der Waals surface area (Å²) in [4.78, 5) is 28.1. The number of pyridine rings is 1. The van der Waals surface area contributed by atoms with E-state index < -0.39 is 17.2 Å². The molecular formula is C15H16N6O2. The largest absolute Gasteiger partial charge is 0.349 e. The Morgan fingerprint density at radius 2 is 2.13 bits per heavy atom. The number of aromatic nitrogens is 3.